The number of amides is 1. The van der Waals surface area contributed by atoms with Crippen LogP contribution in [0.4, 0.5) is 0 Å². The normalized spacial score (nSPS) is 16.0. The lowest BCUT2D eigenvalue weighted by molar-refractivity contribution is 0.0857. The van der Waals surface area contributed by atoms with Crippen molar-refractivity contribution in [1.82, 2.24) is 14.9 Å². The number of aryl methyl sites for hydroxylation is 1. The van der Waals surface area contributed by atoms with Crippen LogP contribution in [0.3, 0.4) is 0 Å². The van der Waals surface area contributed by atoms with Crippen LogP contribution < -0.4 is 10.1 Å². The molecule has 3 aromatic rings. The van der Waals surface area contributed by atoms with Crippen molar-refractivity contribution in [3.63, 3.8) is 0 Å². The lowest BCUT2D eigenvalue weighted by Crippen LogP contribution is -2.32. The van der Waals surface area contributed by atoms with Crippen molar-refractivity contribution in [3.05, 3.63) is 57.5 Å². The summed E-state index contributed by atoms with van der Waals surface area (Å²) < 4.78 is 13.1. The van der Waals surface area contributed by atoms with E-state index in [-0.39, 0.29) is 12.0 Å². The summed E-state index contributed by atoms with van der Waals surface area (Å²) in [6.07, 6.45) is 2.18. The van der Waals surface area contributed by atoms with Crippen molar-refractivity contribution < 1.29 is 14.3 Å². The zero-order chi connectivity index (χ0) is 21.1. The van der Waals surface area contributed by atoms with E-state index in [1.165, 1.54) is 0 Å². The maximum atomic E-state index is 12.9. The van der Waals surface area contributed by atoms with Crippen molar-refractivity contribution >= 4 is 17.2 Å². The fourth-order valence-corrected chi connectivity index (χ4v) is 4.40. The summed E-state index contributed by atoms with van der Waals surface area (Å²) in [5, 5.41) is 6.09. The first kappa shape index (κ1) is 20.6. The van der Waals surface area contributed by atoms with E-state index in [2.05, 4.69) is 14.9 Å². The van der Waals surface area contributed by atoms with Gasteiger partial charge in [0.25, 0.3) is 5.91 Å². The summed E-state index contributed by atoms with van der Waals surface area (Å²) >= 11 is 1.61. The van der Waals surface area contributed by atoms with Crippen LogP contribution in [0.25, 0.3) is 11.4 Å². The molecule has 158 valence electrons. The van der Waals surface area contributed by atoms with Gasteiger partial charge < -0.3 is 19.4 Å². The second kappa shape index (κ2) is 9.02. The minimum absolute atomic E-state index is 0.0651. The number of benzene rings is 1. The van der Waals surface area contributed by atoms with E-state index in [4.69, 9.17) is 9.47 Å². The van der Waals surface area contributed by atoms with Crippen molar-refractivity contribution in [2.75, 3.05) is 20.3 Å². The number of carbonyl (C=O) groups excluding carboxylic acids is 1. The molecular formula is C23H27N3O3S. The van der Waals surface area contributed by atoms with Crippen LogP contribution in [0.5, 0.6) is 5.75 Å². The molecule has 1 fully saturated rings. The Balaban J connectivity index is 1.63. The molecule has 7 heteroatoms. The first-order valence-corrected chi connectivity index (χ1v) is 11.1. The first-order chi connectivity index (χ1) is 14.5. The van der Waals surface area contributed by atoms with Crippen molar-refractivity contribution in [1.29, 1.82) is 0 Å². The zero-order valence-corrected chi connectivity index (χ0v) is 18.4. The van der Waals surface area contributed by atoms with E-state index in [0.717, 1.165) is 52.9 Å². The molecule has 0 radical (unpaired) electrons. The molecule has 0 bridgehead atoms. The Labute approximate surface area is 180 Å². The Kier molecular flexibility index (Phi) is 6.20. The highest BCUT2D eigenvalue weighted by Crippen LogP contribution is 2.28. The zero-order valence-electron chi connectivity index (χ0n) is 17.6. The first-order valence-electron chi connectivity index (χ1n) is 10.2. The number of carbonyl (C=O) groups is 1. The minimum atomic E-state index is -0.0651. The molecule has 4 rings (SSSR count). The van der Waals surface area contributed by atoms with Gasteiger partial charge >= 0.3 is 0 Å². The molecule has 0 spiro atoms. The van der Waals surface area contributed by atoms with Crippen LogP contribution in [0, 0.1) is 13.8 Å². The number of ether oxygens (including phenoxy) is 2. The fraction of sp³-hybridized carbons (Fsp3) is 0.391. The minimum Gasteiger partial charge on any atom is -0.497 e. The largest absolute Gasteiger partial charge is 0.497 e. The lowest BCUT2D eigenvalue weighted by Gasteiger charge is -2.13. The van der Waals surface area contributed by atoms with Gasteiger partial charge in [-0.2, -0.15) is 0 Å². The topological polar surface area (TPSA) is 65.4 Å². The van der Waals surface area contributed by atoms with Crippen molar-refractivity contribution in [3.8, 4) is 17.1 Å². The number of nitrogens with one attached hydrogen (secondary N) is 1. The lowest BCUT2D eigenvalue weighted by atomic mass is 10.2. The Hall–Kier alpha value is -2.64. The van der Waals surface area contributed by atoms with Crippen LogP contribution in [0.1, 0.15) is 39.5 Å². The van der Waals surface area contributed by atoms with Gasteiger partial charge in [-0.1, -0.05) is 12.1 Å². The highest BCUT2D eigenvalue weighted by atomic mass is 32.1. The smallest absolute Gasteiger partial charge is 0.253 e. The van der Waals surface area contributed by atoms with Gasteiger partial charge in [-0.05, 0) is 50.5 Å². The van der Waals surface area contributed by atoms with Crippen LogP contribution in [-0.2, 0) is 11.3 Å². The third-order valence-electron chi connectivity index (χ3n) is 5.51. The second-order valence-corrected chi connectivity index (χ2v) is 8.62. The van der Waals surface area contributed by atoms with Crippen LogP contribution in [0.2, 0.25) is 0 Å². The molecule has 30 heavy (non-hydrogen) atoms. The van der Waals surface area contributed by atoms with Crippen LogP contribution in [0.15, 0.2) is 35.7 Å². The maximum Gasteiger partial charge on any atom is 0.253 e. The van der Waals surface area contributed by atoms with Gasteiger partial charge in [0, 0.05) is 30.8 Å². The molecule has 0 saturated carbocycles. The van der Waals surface area contributed by atoms with Gasteiger partial charge in [0.15, 0.2) is 0 Å². The number of aromatic nitrogens is 2. The third kappa shape index (κ3) is 4.42. The van der Waals surface area contributed by atoms with Crippen LogP contribution in [-0.4, -0.2) is 41.8 Å². The van der Waals surface area contributed by atoms with Gasteiger partial charge in [-0.15, -0.1) is 11.3 Å². The average Bonchev–Trinajstić information content (AvgIpc) is 3.49. The number of rotatable bonds is 7. The Morgan fingerprint density at radius 1 is 1.33 bits per heavy atom. The summed E-state index contributed by atoms with van der Waals surface area (Å²) in [6.45, 7) is 5.97. The highest BCUT2D eigenvalue weighted by molar-refractivity contribution is 7.09. The summed E-state index contributed by atoms with van der Waals surface area (Å²) in [7, 11) is 1.66. The van der Waals surface area contributed by atoms with E-state index >= 15 is 0 Å². The Bertz CT molecular complexity index is 1020. The van der Waals surface area contributed by atoms with Gasteiger partial charge in [-0.25, -0.2) is 4.98 Å². The SMILES string of the molecule is COc1ccc(Cn2c(-c3csc(C)n3)cc(C(=O)NCC3CCCO3)c2C)cc1. The summed E-state index contributed by atoms with van der Waals surface area (Å²) in [4.78, 5) is 17.6. The number of hydrogen-bond acceptors (Lipinski definition) is 5. The molecule has 3 heterocycles. The quantitative estimate of drug-likeness (QED) is 0.616. The predicted molar refractivity (Wildman–Crippen MR) is 118 cm³/mol. The molecule has 1 aliphatic rings. The van der Waals surface area contributed by atoms with Gasteiger partial charge in [0.2, 0.25) is 0 Å². The fourth-order valence-electron chi connectivity index (χ4n) is 3.79. The molecule has 1 amide bonds. The van der Waals surface area contributed by atoms with Gasteiger partial charge in [0.1, 0.15) is 5.75 Å². The molecule has 1 N–H and O–H groups in total. The number of nitrogens with zero attached hydrogens (tertiary/aromatic N) is 2. The van der Waals surface area contributed by atoms with Gasteiger partial charge in [-0.3, -0.25) is 4.79 Å². The van der Waals surface area contributed by atoms with E-state index < -0.39 is 0 Å². The molecule has 1 aromatic carbocycles. The van der Waals surface area contributed by atoms with Crippen LogP contribution >= 0.6 is 11.3 Å². The summed E-state index contributed by atoms with van der Waals surface area (Å²) in [5.74, 6) is 0.761. The predicted octanol–water partition coefficient (Wildman–Crippen LogP) is 4.19. The van der Waals surface area contributed by atoms with E-state index in [0.29, 0.717) is 18.7 Å². The molecular weight excluding hydrogens is 398 g/mol. The molecule has 1 aliphatic heterocycles. The monoisotopic (exact) mass is 425 g/mol. The molecule has 1 unspecified atom stereocenters. The molecule has 1 atom stereocenters. The third-order valence-corrected chi connectivity index (χ3v) is 6.28. The Morgan fingerprint density at radius 2 is 2.13 bits per heavy atom. The standard InChI is InChI=1S/C23H27N3O3S/c1-15-20(23(27)24-12-19-5-4-10-29-19)11-22(21-14-30-16(2)25-21)26(15)13-17-6-8-18(28-3)9-7-17/h6-9,11,14,19H,4-5,10,12-13H2,1-3H3,(H,24,27). The van der Waals surface area contributed by atoms with E-state index in [1.807, 2.05) is 49.6 Å². The molecule has 1 saturated heterocycles. The van der Waals surface area contributed by atoms with E-state index in [1.54, 1.807) is 18.4 Å². The van der Waals surface area contributed by atoms with Gasteiger partial charge in [0.05, 0.1) is 35.2 Å². The maximum absolute atomic E-state index is 12.9. The van der Waals surface area contributed by atoms with E-state index in [9.17, 15) is 4.79 Å². The second-order valence-electron chi connectivity index (χ2n) is 7.56. The summed E-state index contributed by atoms with van der Waals surface area (Å²) in [5.41, 5.74) is 4.59. The van der Waals surface area contributed by atoms with Crippen molar-refractivity contribution in [2.45, 2.75) is 39.3 Å². The highest BCUT2D eigenvalue weighted by Gasteiger charge is 2.22. The molecule has 6 nitrogen and oxygen atoms in total. The van der Waals surface area contributed by atoms with Crippen molar-refractivity contribution in [2.24, 2.45) is 0 Å². The molecule has 2 aromatic heterocycles. The Morgan fingerprint density at radius 3 is 2.77 bits per heavy atom. The molecule has 0 aliphatic carbocycles. The number of thiazole rings is 1. The summed E-state index contributed by atoms with van der Waals surface area (Å²) in [6, 6.07) is 9.96. The number of methoxy groups -OCH3 is 1. The number of hydrogen-bond donors (Lipinski definition) is 1. The average molecular weight is 426 g/mol.